The van der Waals surface area contributed by atoms with Crippen molar-refractivity contribution >= 4 is 21.5 Å². The molecule has 51 heavy (non-hydrogen) atoms. The number of benzene rings is 9. The quantitative estimate of drug-likeness (QED) is 0.163. The second-order valence-electron chi connectivity index (χ2n) is 13.6. The Morgan fingerprint density at radius 1 is 0.255 bits per heavy atom. The Balaban J connectivity index is 1.20. The highest BCUT2D eigenvalue weighted by Crippen LogP contribution is 2.56. The summed E-state index contributed by atoms with van der Waals surface area (Å²) in [6, 6.07) is 75.9. The minimum absolute atomic E-state index is 0.402. The van der Waals surface area contributed by atoms with Gasteiger partial charge in [-0.15, -0.1) is 0 Å². The van der Waals surface area contributed by atoms with Crippen molar-refractivity contribution in [1.29, 1.82) is 0 Å². The molecule has 0 nitrogen and oxygen atoms in total. The molecule has 0 bridgehead atoms. The van der Waals surface area contributed by atoms with Gasteiger partial charge in [0.25, 0.3) is 0 Å². The first kappa shape index (κ1) is 29.4. The Morgan fingerprint density at radius 3 is 1.24 bits per heavy atom. The topological polar surface area (TPSA) is 0 Å². The predicted octanol–water partition coefficient (Wildman–Crippen LogP) is 13.4. The van der Waals surface area contributed by atoms with Gasteiger partial charge in [0.15, 0.2) is 0 Å². The van der Waals surface area contributed by atoms with E-state index in [2.05, 4.69) is 206 Å². The fraction of sp³-hybridized carbons (Fsp3) is 0.0196. The Labute approximate surface area is 298 Å². The van der Waals surface area contributed by atoms with E-state index in [1.54, 1.807) is 0 Å². The largest absolute Gasteiger partial charge is 0.0713 e. The summed E-state index contributed by atoms with van der Waals surface area (Å²) in [6.07, 6.45) is 0. The molecule has 0 unspecified atom stereocenters. The van der Waals surface area contributed by atoms with Gasteiger partial charge in [-0.2, -0.15) is 0 Å². The van der Waals surface area contributed by atoms with Crippen molar-refractivity contribution in [3.8, 4) is 44.5 Å². The maximum Gasteiger partial charge on any atom is 0.0713 e. The molecule has 1 aliphatic rings. The van der Waals surface area contributed by atoms with Crippen molar-refractivity contribution in [2.24, 2.45) is 0 Å². The lowest BCUT2D eigenvalue weighted by Gasteiger charge is -2.34. The van der Waals surface area contributed by atoms with Crippen LogP contribution in [0.2, 0.25) is 0 Å². The Kier molecular flexibility index (Phi) is 6.82. The molecule has 10 rings (SSSR count). The van der Waals surface area contributed by atoms with Crippen LogP contribution in [0.15, 0.2) is 206 Å². The standard InChI is InChI=1S/C51H34/c1-4-16-36(17-5-1)49-43-24-10-11-25-44(43)50(37-18-6-2-7-19-37)46-34-38(30-33-45(46)49)35-28-31-40(32-29-35)51(39-20-8-3-9-21-39)47-26-14-12-22-41(47)42-23-13-15-27-48(42)51/h1-34H. The molecule has 0 aromatic heterocycles. The highest BCUT2D eigenvalue weighted by atomic mass is 14.5. The zero-order valence-electron chi connectivity index (χ0n) is 28.1. The maximum atomic E-state index is 2.42. The predicted molar refractivity (Wildman–Crippen MR) is 215 cm³/mol. The first-order chi connectivity index (χ1) is 25.3. The minimum atomic E-state index is -0.402. The van der Waals surface area contributed by atoms with E-state index in [-0.39, 0.29) is 0 Å². The monoisotopic (exact) mass is 646 g/mol. The molecule has 0 N–H and O–H groups in total. The SMILES string of the molecule is c1ccc(-c2c3ccccc3c(-c3ccccc3)c3cc(-c4ccc(C5(c6ccccc6)c6ccccc6-c6ccccc65)cc4)ccc23)cc1. The van der Waals surface area contributed by atoms with Crippen LogP contribution in [0, 0.1) is 0 Å². The summed E-state index contributed by atoms with van der Waals surface area (Å²) >= 11 is 0. The van der Waals surface area contributed by atoms with Crippen LogP contribution in [0.5, 0.6) is 0 Å². The summed E-state index contributed by atoms with van der Waals surface area (Å²) in [5, 5.41) is 5.07. The fourth-order valence-corrected chi connectivity index (χ4v) is 8.81. The summed E-state index contributed by atoms with van der Waals surface area (Å²) in [6.45, 7) is 0. The Morgan fingerprint density at radius 2 is 0.667 bits per heavy atom. The van der Waals surface area contributed by atoms with Crippen molar-refractivity contribution < 1.29 is 0 Å². The normalized spacial score (nSPS) is 12.9. The lowest BCUT2D eigenvalue weighted by Crippen LogP contribution is -2.28. The molecular weight excluding hydrogens is 613 g/mol. The zero-order chi connectivity index (χ0) is 33.8. The van der Waals surface area contributed by atoms with Crippen LogP contribution in [0.4, 0.5) is 0 Å². The maximum absolute atomic E-state index is 2.42. The van der Waals surface area contributed by atoms with Crippen LogP contribution >= 0.6 is 0 Å². The van der Waals surface area contributed by atoms with Crippen molar-refractivity contribution in [3.05, 3.63) is 229 Å². The lowest BCUT2D eigenvalue weighted by molar-refractivity contribution is 0.768. The molecule has 9 aromatic carbocycles. The summed E-state index contributed by atoms with van der Waals surface area (Å²) in [5.74, 6) is 0. The molecule has 238 valence electrons. The van der Waals surface area contributed by atoms with Crippen molar-refractivity contribution in [2.75, 3.05) is 0 Å². The van der Waals surface area contributed by atoms with Crippen LogP contribution < -0.4 is 0 Å². The summed E-state index contributed by atoms with van der Waals surface area (Å²) in [7, 11) is 0. The van der Waals surface area contributed by atoms with Crippen molar-refractivity contribution in [3.63, 3.8) is 0 Å². The van der Waals surface area contributed by atoms with Crippen molar-refractivity contribution in [2.45, 2.75) is 5.41 Å². The zero-order valence-corrected chi connectivity index (χ0v) is 28.1. The molecule has 0 radical (unpaired) electrons. The minimum Gasteiger partial charge on any atom is -0.0622 e. The highest BCUT2D eigenvalue weighted by Gasteiger charge is 2.45. The molecule has 0 saturated carbocycles. The van der Waals surface area contributed by atoms with Crippen LogP contribution in [-0.2, 0) is 5.41 Å². The number of hydrogen-bond donors (Lipinski definition) is 0. The molecule has 0 heteroatoms. The third-order valence-electron chi connectivity index (χ3n) is 11.0. The molecule has 0 aliphatic heterocycles. The van der Waals surface area contributed by atoms with Crippen molar-refractivity contribution in [1.82, 2.24) is 0 Å². The van der Waals surface area contributed by atoms with Gasteiger partial charge in [0.1, 0.15) is 0 Å². The van der Waals surface area contributed by atoms with Gasteiger partial charge in [0.05, 0.1) is 5.41 Å². The van der Waals surface area contributed by atoms with E-state index in [1.165, 1.54) is 88.3 Å². The molecule has 0 amide bonds. The van der Waals surface area contributed by atoms with E-state index < -0.39 is 5.41 Å². The van der Waals surface area contributed by atoms with Gasteiger partial charge >= 0.3 is 0 Å². The average molecular weight is 647 g/mol. The molecule has 9 aromatic rings. The Bertz CT molecular complexity index is 2660. The number of rotatable bonds is 5. The molecule has 0 fully saturated rings. The van der Waals surface area contributed by atoms with Gasteiger partial charge in [-0.25, -0.2) is 0 Å². The summed E-state index contributed by atoms with van der Waals surface area (Å²) in [5.41, 5.74) is 14.9. The van der Waals surface area contributed by atoms with Crippen LogP contribution in [0.1, 0.15) is 22.3 Å². The first-order valence-electron chi connectivity index (χ1n) is 17.8. The summed E-state index contributed by atoms with van der Waals surface area (Å²) < 4.78 is 0. The number of hydrogen-bond acceptors (Lipinski definition) is 0. The molecule has 0 heterocycles. The molecule has 1 aliphatic carbocycles. The van der Waals surface area contributed by atoms with E-state index in [0.29, 0.717) is 0 Å². The first-order valence-corrected chi connectivity index (χ1v) is 17.8. The molecule has 0 saturated heterocycles. The smallest absolute Gasteiger partial charge is 0.0622 e. The van der Waals surface area contributed by atoms with E-state index in [9.17, 15) is 0 Å². The number of fused-ring (bicyclic) bond motifs is 5. The third-order valence-corrected chi connectivity index (χ3v) is 11.0. The third kappa shape index (κ3) is 4.47. The van der Waals surface area contributed by atoms with Gasteiger partial charge < -0.3 is 0 Å². The van der Waals surface area contributed by atoms with Gasteiger partial charge in [0, 0.05) is 0 Å². The summed E-state index contributed by atoms with van der Waals surface area (Å²) in [4.78, 5) is 0. The lowest BCUT2D eigenvalue weighted by atomic mass is 9.67. The van der Waals surface area contributed by atoms with E-state index in [4.69, 9.17) is 0 Å². The van der Waals surface area contributed by atoms with E-state index in [1.807, 2.05) is 0 Å². The van der Waals surface area contributed by atoms with Crippen LogP contribution in [0.3, 0.4) is 0 Å². The molecular formula is C51H34. The molecule has 0 spiro atoms. The molecule has 0 atom stereocenters. The second kappa shape index (κ2) is 11.8. The van der Waals surface area contributed by atoms with Gasteiger partial charge in [-0.3, -0.25) is 0 Å². The second-order valence-corrected chi connectivity index (χ2v) is 13.6. The highest BCUT2D eigenvalue weighted by molar-refractivity contribution is 6.22. The van der Waals surface area contributed by atoms with Gasteiger partial charge in [0.2, 0.25) is 0 Å². The van der Waals surface area contributed by atoms with Crippen LogP contribution in [0.25, 0.3) is 66.1 Å². The fourth-order valence-electron chi connectivity index (χ4n) is 8.81. The van der Waals surface area contributed by atoms with Crippen LogP contribution in [-0.4, -0.2) is 0 Å². The average Bonchev–Trinajstić information content (AvgIpc) is 3.52. The van der Waals surface area contributed by atoms with Gasteiger partial charge in [-0.05, 0) is 94.4 Å². The van der Waals surface area contributed by atoms with Gasteiger partial charge in [-0.1, -0.05) is 200 Å². The van der Waals surface area contributed by atoms with E-state index >= 15 is 0 Å². The Hall–Kier alpha value is -6.50. The van der Waals surface area contributed by atoms with E-state index in [0.717, 1.165) is 0 Å².